The van der Waals surface area contributed by atoms with E-state index in [0.717, 1.165) is 24.1 Å². The zero-order chi connectivity index (χ0) is 26.5. The smallest absolute Gasteiger partial charge is 0.253 e. The van der Waals surface area contributed by atoms with Gasteiger partial charge in [-0.15, -0.1) is 0 Å². The third kappa shape index (κ3) is 4.63. The third-order valence-corrected chi connectivity index (χ3v) is 8.20. The van der Waals surface area contributed by atoms with E-state index in [1.54, 1.807) is 47.6 Å². The molecule has 4 heterocycles. The van der Waals surface area contributed by atoms with E-state index in [1.165, 1.54) is 0 Å². The summed E-state index contributed by atoms with van der Waals surface area (Å²) < 4.78 is 3.65. The monoisotopic (exact) mass is 534 g/mol. The third-order valence-electron chi connectivity index (χ3n) is 8.01. The number of nitrogens with zero attached hydrogens (tertiary/aromatic N) is 6. The van der Waals surface area contributed by atoms with Crippen molar-refractivity contribution >= 4 is 28.8 Å². The molecule has 38 heavy (non-hydrogen) atoms. The maximum Gasteiger partial charge on any atom is 0.253 e. The first kappa shape index (κ1) is 24.8. The zero-order valence-electron chi connectivity index (χ0n) is 21.4. The van der Waals surface area contributed by atoms with Crippen LogP contribution in [0.5, 0.6) is 0 Å². The molecule has 0 unspecified atom stereocenters. The molecule has 4 aromatic heterocycles. The number of carbonyl (C=O) groups is 1. The van der Waals surface area contributed by atoms with Crippen molar-refractivity contribution in [1.29, 1.82) is 0 Å². The molecular formula is C27H31ClN8O2. The van der Waals surface area contributed by atoms with Crippen molar-refractivity contribution in [2.45, 2.75) is 75.1 Å². The van der Waals surface area contributed by atoms with Gasteiger partial charge in [-0.2, -0.15) is 10.2 Å². The quantitative estimate of drug-likeness (QED) is 0.327. The minimum Gasteiger partial charge on any atom is -0.388 e. The first-order valence-electron chi connectivity index (χ1n) is 13.0. The van der Waals surface area contributed by atoms with Gasteiger partial charge in [-0.05, 0) is 58.1 Å². The van der Waals surface area contributed by atoms with Crippen molar-refractivity contribution in [1.82, 2.24) is 34.7 Å². The van der Waals surface area contributed by atoms with Crippen LogP contribution < -0.4 is 10.6 Å². The highest BCUT2D eigenvalue weighted by Gasteiger charge is 2.51. The van der Waals surface area contributed by atoms with Gasteiger partial charge < -0.3 is 15.7 Å². The number of pyridine rings is 1. The summed E-state index contributed by atoms with van der Waals surface area (Å²) in [6.07, 6.45) is 16.3. The molecule has 3 N–H and O–H groups in total. The zero-order valence-corrected chi connectivity index (χ0v) is 22.1. The predicted octanol–water partition coefficient (Wildman–Crippen LogP) is 4.00. The van der Waals surface area contributed by atoms with Crippen molar-refractivity contribution in [3.05, 3.63) is 71.7 Å². The van der Waals surface area contributed by atoms with Crippen LogP contribution in [0.1, 0.15) is 73.8 Å². The van der Waals surface area contributed by atoms with E-state index in [0.29, 0.717) is 41.5 Å². The van der Waals surface area contributed by atoms with Crippen LogP contribution in [0.3, 0.4) is 0 Å². The number of aromatic nitrogens is 6. The average molecular weight is 535 g/mol. The van der Waals surface area contributed by atoms with E-state index >= 15 is 0 Å². The van der Waals surface area contributed by atoms with Crippen LogP contribution >= 0.6 is 11.6 Å². The largest absolute Gasteiger partial charge is 0.388 e. The second kappa shape index (κ2) is 9.36. The van der Waals surface area contributed by atoms with E-state index in [4.69, 9.17) is 11.6 Å². The molecule has 0 saturated heterocycles. The Morgan fingerprint density at radius 3 is 2.74 bits per heavy atom. The molecule has 2 aliphatic carbocycles. The first-order valence-corrected chi connectivity index (χ1v) is 13.3. The number of amides is 1. The Morgan fingerprint density at radius 2 is 2.00 bits per heavy atom. The van der Waals surface area contributed by atoms with E-state index in [9.17, 15) is 9.90 Å². The highest BCUT2D eigenvalue weighted by atomic mass is 35.5. The molecule has 10 nitrogen and oxygen atoms in total. The van der Waals surface area contributed by atoms with Gasteiger partial charge in [-0.3, -0.25) is 14.5 Å². The van der Waals surface area contributed by atoms with E-state index in [2.05, 4.69) is 30.8 Å². The molecule has 4 aromatic rings. The number of carbonyl (C=O) groups excluding carboxylic acids is 1. The number of nitrogens with one attached hydrogen (secondary N) is 2. The van der Waals surface area contributed by atoms with Crippen LogP contribution in [0.15, 0.2) is 55.5 Å². The summed E-state index contributed by atoms with van der Waals surface area (Å²) in [5, 5.41) is 28.0. The standard InChI is InChI=1S/C27H31ClN8O2/c1-26(2,38)27(34-19-13-31-35(16-19)20-5-6-20)8-7-23(33-25(37)17-4-3-9-29-11-17)21(10-27)22-14-32-36-15-18(28)12-30-24(22)36/h3-4,9,11-16,20-21,23,34,38H,5-8,10H2,1-2H3,(H,33,37)/t21-,23-,27-/m1/s1. The summed E-state index contributed by atoms with van der Waals surface area (Å²) in [5.74, 6) is -0.372. The maximum absolute atomic E-state index is 13.2. The predicted molar refractivity (Wildman–Crippen MR) is 143 cm³/mol. The SMILES string of the molecule is CC(C)(O)[C@@]1(Nc2cnn(C3CC3)c2)CC[C@@H](NC(=O)c2cccnc2)[C@@H](c2cnn3cc(Cl)cnc23)C1. The second-order valence-corrected chi connectivity index (χ2v) is 11.5. The van der Waals surface area contributed by atoms with E-state index < -0.39 is 11.1 Å². The molecule has 0 aliphatic heterocycles. The molecule has 1 amide bonds. The molecule has 198 valence electrons. The fourth-order valence-corrected chi connectivity index (χ4v) is 5.78. The lowest BCUT2D eigenvalue weighted by molar-refractivity contribution is -0.0167. The van der Waals surface area contributed by atoms with Gasteiger partial charge in [-0.25, -0.2) is 9.50 Å². The molecule has 11 heteroatoms. The highest BCUT2D eigenvalue weighted by Crippen LogP contribution is 2.47. The molecule has 2 fully saturated rings. The first-order chi connectivity index (χ1) is 18.2. The molecule has 2 saturated carbocycles. The number of fused-ring (bicyclic) bond motifs is 1. The molecule has 2 aliphatic rings. The van der Waals surface area contributed by atoms with Gasteiger partial charge in [0.05, 0.1) is 52.0 Å². The van der Waals surface area contributed by atoms with Gasteiger partial charge in [0.1, 0.15) is 0 Å². The van der Waals surface area contributed by atoms with E-state index in [1.807, 2.05) is 30.9 Å². The van der Waals surface area contributed by atoms with Gasteiger partial charge in [-0.1, -0.05) is 11.6 Å². The minimum atomic E-state index is -1.08. The molecule has 6 rings (SSSR count). The van der Waals surface area contributed by atoms with E-state index in [-0.39, 0.29) is 17.9 Å². The lowest BCUT2D eigenvalue weighted by Crippen LogP contribution is -2.61. The summed E-state index contributed by atoms with van der Waals surface area (Å²) in [6, 6.07) is 3.75. The average Bonchev–Trinajstić information content (AvgIpc) is 3.50. The molecule has 0 radical (unpaired) electrons. The summed E-state index contributed by atoms with van der Waals surface area (Å²) in [7, 11) is 0. The summed E-state index contributed by atoms with van der Waals surface area (Å²) >= 11 is 6.17. The summed E-state index contributed by atoms with van der Waals surface area (Å²) in [6.45, 7) is 3.68. The van der Waals surface area contributed by atoms with Crippen LogP contribution in [0.25, 0.3) is 5.65 Å². The van der Waals surface area contributed by atoms with Crippen molar-refractivity contribution in [3.8, 4) is 0 Å². The summed E-state index contributed by atoms with van der Waals surface area (Å²) in [5.41, 5.74) is 1.17. The number of hydrogen-bond acceptors (Lipinski definition) is 7. The Bertz CT molecular complexity index is 1460. The topological polar surface area (TPSA) is 122 Å². The number of rotatable bonds is 7. The fourth-order valence-electron chi connectivity index (χ4n) is 5.64. The molecular weight excluding hydrogens is 504 g/mol. The lowest BCUT2D eigenvalue weighted by atomic mass is 9.64. The Labute approximate surface area is 225 Å². The van der Waals surface area contributed by atoms with Crippen molar-refractivity contribution < 1.29 is 9.90 Å². The normalized spacial score (nSPS) is 23.9. The molecule has 0 spiro atoms. The lowest BCUT2D eigenvalue weighted by Gasteiger charge is -2.51. The minimum absolute atomic E-state index is 0.185. The van der Waals surface area contributed by atoms with Gasteiger partial charge in [0.2, 0.25) is 0 Å². The van der Waals surface area contributed by atoms with Crippen LogP contribution in [0.4, 0.5) is 5.69 Å². The highest BCUT2D eigenvalue weighted by molar-refractivity contribution is 6.30. The Morgan fingerprint density at radius 1 is 1.16 bits per heavy atom. The van der Waals surface area contributed by atoms with Crippen LogP contribution in [0, 0.1) is 0 Å². The van der Waals surface area contributed by atoms with Gasteiger partial charge >= 0.3 is 0 Å². The number of aliphatic hydroxyl groups is 1. The Hall–Kier alpha value is -3.50. The Kier molecular flexibility index (Phi) is 6.11. The van der Waals surface area contributed by atoms with Crippen LogP contribution in [-0.4, -0.2) is 57.6 Å². The fraction of sp³-hybridized carbons (Fsp3) is 0.444. The second-order valence-electron chi connectivity index (χ2n) is 11.0. The molecule has 0 bridgehead atoms. The van der Waals surface area contributed by atoms with Crippen molar-refractivity contribution in [2.24, 2.45) is 0 Å². The summed E-state index contributed by atoms with van der Waals surface area (Å²) in [4.78, 5) is 21.8. The number of hydrogen-bond donors (Lipinski definition) is 3. The molecule has 0 aromatic carbocycles. The van der Waals surface area contributed by atoms with Gasteiger partial charge in [0.15, 0.2) is 5.65 Å². The number of anilines is 1. The molecule has 3 atom stereocenters. The van der Waals surface area contributed by atoms with Crippen molar-refractivity contribution in [2.75, 3.05) is 5.32 Å². The Balaban J connectivity index is 1.37. The van der Waals surface area contributed by atoms with Crippen LogP contribution in [-0.2, 0) is 0 Å². The van der Waals surface area contributed by atoms with Crippen molar-refractivity contribution in [3.63, 3.8) is 0 Å². The maximum atomic E-state index is 13.2. The van der Waals surface area contributed by atoms with Crippen LogP contribution in [0.2, 0.25) is 5.02 Å². The van der Waals surface area contributed by atoms with Gasteiger partial charge in [0, 0.05) is 42.3 Å². The van der Waals surface area contributed by atoms with Gasteiger partial charge in [0.25, 0.3) is 5.91 Å². The number of halogens is 1.